The number of rotatable bonds is 3. The number of hydrogen-bond acceptors (Lipinski definition) is 2. The van der Waals surface area contributed by atoms with Crippen LogP contribution in [0.15, 0.2) is 59.1 Å². The van der Waals surface area contributed by atoms with E-state index in [2.05, 4.69) is 39.4 Å². The van der Waals surface area contributed by atoms with Crippen LogP contribution in [0, 0.1) is 0 Å². The zero-order valence-electron chi connectivity index (χ0n) is 18.0. The van der Waals surface area contributed by atoms with Gasteiger partial charge in [0.1, 0.15) is 0 Å². The van der Waals surface area contributed by atoms with Gasteiger partial charge in [0.25, 0.3) is 5.91 Å². The molecule has 2 N–H and O–H groups in total. The van der Waals surface area contributed by atoms with Crippen molar-refractivity contribution in [1.29, 1.82) is 0 Å². The molecule has 0 bridgehead atoms. The molecule has 1 aliphatic rings. The first-order valence-corrected chi connectivity index (χ1v) is 12.2. The van der Waals surface area contributed by atoms with Crippen molar-refractivity contribution < 1.29 is 14.7 Å². The first-order chi connectivity index (χ1) is 16.0. The third-order valence-electron chi connectivity index (χ3n) is 7.14. The van der Waals surface area contributed by atoms with E-state index >= 15 is 0 Å². The standard InChI is InChI=1S/C28H22BrNO3/c29-23-14-13-17-19-10-12-22(28(32)33)26-21(27(31)30-15-5-2-1-3-6-15)11-9-18(25(19)26)16-7-4-8-20(23)24(16)17/h4,7-15H,1-3,5-6H2,(H,30,31)(H,32,33). The van der Waals surface area contributed by atoms with Crippen molar-refractivity contribution in [2.75, 3.05) is 0 Å². The van der Waals surface area contributed by atoms with Crippen molar-refractivity contribution in [2.24, 2.45) is 0 Å². The van der Waals surface area contributed by atoms with Crippen LogP contribution in [0.5, 0.6) is 0 Å². The first-order valence-electron chi connectivity index (χ1n) is 11.4. The average molecular weight is 500 g/mol. The van der Waals surface area contributed by atoms with E-state index in [0.29, 0.717) is 10.9 Å². The molecule has 1 saturated carbocycles. The van der Waals surface area contributed by atoms with Crippen molar-refractivity contribution in [1.82, 2.24) is 5.32 Å². The molecule has 0 spiro atoms. The minimum atomic E-state index is -1.02. The molecule has 0 aliphatic heterocycles. The number of amides is 1. The molecular formula is C28H22BrNO3. The Morgan fingerprint density at radius 3 is 2.06 bits per heavy atom. The van der Waals surface area contributed by atoms with Gasteiger partial charge in [-0.2, -0.15) is 0 Å². The topological polar surface area (TPSA) is 66.4 Å². The van der Waals surface area contributed by atoms with Gasteiger partial charge < -0.3 is 10.4 Å². The second-order valence-electron chi connectivity index (χ2n) is 9.01. The van der Waals surface area contributed by atoms with Crippen LogP contribution < -0.4 is 5.32 Å². The lowest BCUT2D eigenvalue weighted by molar-refractivity contribution is 0.0699. The molecule has 0 radical (unpaired) electrons. The molecule has 164 valence electrons. The Bertz CT molecular complexity index is 1560. The van der Waals surface area contributed by atoms with E-state index in [1.54, 1.807) is 12.1 Å². The van der Waals surface area contributed by atoms with Gasteiger partial charge in [-0.3, -0.25) is 4.79 Å². The van der Waals surface area contributed by atoms with Crippen LogP contribution in [-0.4, -0.2) is 23.0 Å². The molecule has 33 heavy (non-hydrogen) atoms. The molecule has 0 atom stereocenters. The third-order valence-corrected chi connectivity index (χ3v) is 7.84. The fourth-order valence-corrected chi connectivity index (χ4v) is 6.10. The number of halogens is 1. The highest BCUT2D eigenvalue weighted by Gasteiger charge is 2.24. The minimum Gasteiger partial charge on any atom is -0.478 e. The van der Waals surface area contributed by atoms with Crippen LogP contribution >= 0.6 is 15.9 Å². The smallest absolute Gasteiger partial charge is 0.336 e. The maximum absolute atomic E-state index is 13.4. The fraction of sp³-hybridized carbons (Fsp3) is 0.214. The van der Waals surface area contributed by atoms with Crippen LogP contribution in [-0.2, 0) is 0 Å². The van der Waals surface area contributed by atoms with E-state index in [4.69, 9.17) is 0 Å². The Morgan fingerprint density at radius 1 is 0.727 bits per heavy atom. The maximum Gasteiger partial charge on any atom is 0.336 e. The predicted octanol–water partition coefficient (Wildman–Crippen LogP) is 7.26. The van der Waals surface area contributed by atoms with Gasteiger partial charge in [0.2, 0.25) is 0 Å². The Hall–Kier alpha value is -3.18. The van der Waals surface area contributed by atoms with E-state index in [1.807, 2.05) is 24.3 Å². The second-order valence-corrected chi connectivity index (χ2v) is 9.86. The molecule has 0 aromatic heterocycles. The summed E-state index contributed by atoms with van der Waals surface area (Å²) in [5.74, 6) is -1.21. The summed E-state index contributed by atoms with van der Waals surface area (Å²) in [6.07, 6.45) is 5.39. The van der Waals surface area contributed by atoms with E-state index in [1.165, 1.54) is 6.42 Å². The van der Waals surface area contributed by atoms with Crippen molar-refractivity contribution in [3.63, 3.8) is 0 Å². The molecule has 4 nitrogen and oxygen atoms in total. The lowest BCUT2D eigenvalue weighted by Gasteiger charge is -2.24. The van der Waals surface area contributed by atoms with Crippen molar-refractivity contribution in [3.05, 3.63) is 70.2 Å². The molecule has 0 heterocycles. The predicted molar refractivity (Wildman–Crippen MR) is 137 cm³/mol. The molecule has 0 unspecified atom stereocenters. The highest BCUT2D eigenvalue weighted by atomic mass is 79.9. The number of hydrogen-bond donors (Lipinski definition) is 2. The zero-order valence-corrected chi connectivity index (χ0v) is 19.5. The Morgan fingerprint density at radius 2 is 1.33 bits per heavy atom. The number of carbonyl (C=O) groups excluding carboxylic acids is 1. The highest BCUT2D eigenvalue weighted by molar-refractivity contribution is 9.10. The number of benzene rings is 5. The molecule has 1 fully saturated rings. The van der Waals surface area contributed by atoms with Gasteiger partial charge >= 0.3 is 5.97 Å². The average Bonchev–Trinajstić information content (AvgIpc) is 2.83. The fourth-order valence-electron chi connectivity index (χ4n) is 5.64. The van der Waals surface area contributed by atoms with Gasteiger partial charge in [-0.15, -0.1) is 0 Å². The molecule has 1 aliphatic carbocycles. The zero-order chi connectivity index (χ0) is 22.7. The largest absolute Gasteiger partial charge is 0.478 e. The van der Waals surface area contributed by atoms with E-state index in [9.17, 15) is 14.7 Å². The molecule has 1 amide bonds. The summed E-state index contributed by atoms with van der Waals surface area (Å²) < 4.78 is 1.02. The van der Waals surface area contributed by atoms with Gasteiger partial charge in [0.05, 0.1) is 5.56 Å². The Balaban J connectivity index is 1.70. The van der Waals surface area contributed by atoms with Crippen LogP contribution in [0.4, 0.5) is 0 Å². The van der Waals surface area contributed by atoms with Crippen molar-refractivity contribution in [2.45, 2.75) is 38.1 Å². The quantitative estimate of drug-likeness (QED) is 0.202. The number of carboxylic acids is 1. The van der Waals surface area contributed by atoms with Crippen LogP contribution in [0.3, 0.4) is 0 Å². The van der Waals surface area contributed by atoms with Crippen LogP contribution in [0.25, 0.3) is 43.1 Å². The van der Waals surface area contributed by atoms with Gasteiger partial charge in [-0.25, -0.2) is 4.79 Å². The van der Waals surface area contributed by atoms with Gasteiger partial charge in [0, 0.05) is 21.5 Å². The number of carboxylic acid groups (broad SMARTS) is 1. The van der Waals surface area contributed by atoms with Crippen LogP contribution in [0.2, 0.25) is 0 Å². The summed E-state index contributed by atoms with van der Waals surface area (Å²) >= 11 is 3.67. The highest BCUT2D eigenvalue weighted by Crippen LogP contribution is 2.43. The number of fused-ring (bicyclic) bond motifs is 2. The van der Waals surface area contributed by atoms with E-state index in [-0.39, 0.29) is 17.5 Å². The SMILES string of the molecule is O=C(O)c1ccc2c3ccc(Br)c4cccc(c5ccc(C(=O)NC6CCCCC6)c1c25)c43. The Labute approximate surface area is 199 Å². The van der Waals surface area contributed by atoms with Gasteiger partial charge in [-0.1, -0.05) is 71.6 Å². The molecule has 0 saturated heterocycles. The summed E-state index contributed by atoms with van der Waals surface area (Å²) in [6, 6.07) is 17.7. The number of carbonyl (C=O) groups is 2. The molecular weight excluding hydrogens is 478 g/mol. The summed E-state index contributed by atoms with van der Waals surface area (Å²) in [5.41, 5.74) is 0.600. The third kappa shape index (κ3) is 3.10. The molecule has 5 heteroatoms. The number of nitrogens with one attached hydrogen (secondary N) is 1. The summed E-state index contributed by atoms with van der Waals surface area (Å²) in [4.78, 5) is 25.7. The summed E-state index contributed by atoms with van der Waals surface area (Å²) in [5, 5.41) is 20.9. The maximum atomic E-state index is 13.4. The monoisotopic (exact) mass is 499 g/mol. The molecule has 5 aromatic carbocycles. The molecule has 6 rings (SSSR count). The first kappa shape index (κ1) is 20.4. The minimum absolute atomic E-state index is 0.150. The second kappa shape index (κ2) is 7.70. The van der Waals surface area contributed by atoms with Gasteiger partial charge in [0.15, 0.2) is 0 Å². The van der Waals surface area contributed by atoms with Crippen molar-refractivity contribution in [3.8, 4) is 0 Å². The van der Waals surface area contributed by atoms with Gasteiger partial charge in [-0.05, 0) is 68.7 Å². The van der Waals surface area contributed by atoms with E-state index < -0.39 is 5.97 Å². The van der Waals surface area contributed by atoms with Crippen LogP contribution in [0.1, 0.15) is 52.8 Å². The normalized spacial score (nSPS) is 15.1. The lowest BCUT2D eigenvalue weighted by atomic mass is 9.86. The number of aromatic carboxylic acids is 1. The lowest BCUT2D eigenvalue weighted by Crippen LogP contribution is -2.36. The molecule has 5 aromatic rings. The van der Waals surface area contributed by atoms with Crippen molar-refractivity contribution >= 4 is 70.9 Å². The Kier molecular flexibility index (Phi) is 4.77. The summed E-state index contributed by atoms with van der Waals surface area (Å²) in [7, 11) is 0. The van der Waals surface area contributed by atoms with E-state index in [0.717, 1.165) is 67.9 Å². The summed E-state index contributed by atoms with van der Waals surface area (Å²) in [6.45, 7) is 0.